The molecule has 0 spiro atoms. The standard InChI is InChI=1S/C8H6BrClN4O/c9-5-3-4(1-2-6(5)10)12-8-14-13-7(11)15-8/h1-3H,(H2,11,13)(H,12,14). The number of nitrogens with one attached hydrogen (secondary N) is 1. The summed E-state index contributed by atoms with van der Waals surface area (Å²) in [5.41, 5.74) is 6.05. The summed E-state index contributed by atoms with van der Waals surface area (Å²) in [5, 5.41) is 10.7. The van der Waals surface area contributed by atoms with Gasteiger partial charge in [0.1, 0.15) is 0 Å². The van der Waals surface area contributed by atoms with Crippen molar-refractivity contribution in [3.8, 4) is 0 Å². The summed E-state index contributed by atoms with van der Waals surface area (Å²) in [6.45, 7) is 0. The molecular formula is C8H6BrClN4O. The number of hydrogen-bond acceptors (Lipinski definition) is 5. The lowest BCUT2D eigenvalue weighted by Gasteiger charge is -2.02. The van der Waals surface area contributed by atoms with E-state index in [0.717, 1.165) is 10.2 Å². The van der Waals surface area contributed by atoms with Gasteiger partial charge in [0, 0.05) is 10.2 Å². The van der Waals surface area contributed by atoms with Gasteiger partial charge in [-0.25, -0.2) is 0 Å². The van der Waals surface area contributed by atoms with Gasteiger partial charge < -0.3 is 15.5 Å². The summed E-state index contributed by atoms with van der Waals surface area (Å²) in [6.07, 6.45) is 0. The van der Waals surface area contributed by atoms with E-state index in [2.05, 4.69) is 31.4 Å². The molecular weight excluding hydrogens is 283 g/mol. The number of nitrogens with zero attached hydrogens (tertiary/aromatic N) is 2. The number of halogens is 2. The van der Waals surface area contributed by atoms with E-state index < -0.39 is 0 Å². The number of benzene rings is 1. The molecule has 7 heteroatoms. The van der Waals surface area contributed by atoms with Crippen molar-refractivity contribution in [2.24, 2.45) is 0 Å². The number of nitrogen functional groups attached to an aromatic ring is 1. The van der Waals surface area contributed by atoms with Gasteiger partial charge in [-0.2, -0.15) is 0 Å². The summed E-state index contributed by atoms with van der Waals surface area (Å²) in [6, 6.07) is 5.58. The normalized spacial score (nSPS) is 10.3. The van der Waals surface area contributed by atoms with Crippen LogP contribution in [0.3, 0.4) is 0 Å². The predicted molar refractivity (Wildman–Crippen MR) is 61.1 cm³/mol. The van der Waals surface area contributed by atoms with Crippen LogP contribution in [0.2, 0.25) is 5.02 Å². The Hall–Kier alpha value is -1.27. The highest BCUT2D eigenvalue weighted by Gasteiger charge is 2.04. The molecule has 0 aliphatic heterocycles. The lowest BCUT2D eigenvalue weighted by Crippen LogP contribution is -1.90. The Morgan fingerprint density at radius 2 is 2.20 bits per heavy atom. The molecule has 1 aromatic carbocycles. The fourth-order valence-corrected chi connectivity index (χ4v) is 1.48. The molecule has 0 fully saturated rings. The van der Waals surface area contributed by atoms with Crippen molar-refractivity contribution in [2.45, 2.75) is 0 Å². The first kappa shape index (κ1) is 10.3. The highest BCUT2D eigenvalue weighted by atomic mass is 79.9. The lowest BCUT2D eigenvalue weighted by atomic mass is 10.3. The van der Waals surface area contributed by atoms with Gasteiger partial charge in [0.25, 0.3) is 0 Å². The average Bonchev–Trinajstić information content (AvgIpc) is 2.58. The molecule has 78 valence electrons. The molecule has 0 bridgehead atoms. The van der Waals surface area contributed by atoms with Gasteiger partial charge in [0.15, 0.2) is 0 Å². The molecule has 1 aromatic heterocycles. The van der Waals surface area contributed by atoms with Crippen LogP contribution in [-0.2, 0) is 0 Å². The third-order valence-electron chi connectivity index (χ3n) is 1.61. The Morgan fingerprint density at radius 3 is 2.80 bits per heavy atom. The zero-order chi connectivity index (χ0) is 10.8. The maximum atomic E-state index is 5.84. The Labute approximate surface area is 98.8 Å². The van der Waals surface area contributed by atoms with Gasteiger partial charge in [0.05, 0.1) is 5.02 Å². The van der Waals surface area contributed by atoms with Gasteiger partial charge in [-0.3, -0.25) is 0 Å². The molecule has 2 aromatic rings. The van der Waals surface area contributed by atoms with Gasteiger partial charge in [-0.15, -0.1) is 0 Å². The van der Waals surface area contributed by atoms with Crippen LogP contribution in [0.5, 0.6) is 0 Å². The third-order valence-corrected chi connectivity index (χ3v) is 2.83. The smallest absolute Gasteiger partial charge is 0.321 e. The molecule has 0 amide bonds. The number of anilines is 3. The number of rotatable bonds is 2. The molecule has 0 aliphatic rings. The average molecular weight is 290 g/mol. The van der Waals surface area contributed by atoms with E-state index in [4.69, 9.17) is 21.8 Å². The van der Waals surface area contributed by atoms with Crippen molar-refractivity contribution < 1.29 is 4.42 Å². The third kappa shape index (κ3) is 2.40. The number of aromatic nitrogens is 2. The summed E-state index contributed by atoms with van der Waals surface area (Å²) < 4.78 is 5.73. The van der Waals surface area contributed by atoms with Crippen LogP contribution in [0, 0.1) is 0 Å². The van der Waals surface area contributed by atoms with Crippen molar-refractivity contribution in [1.82, 2.24) is 10.2 Å². The second-order valence-corrected chi connectivity index (χ2v) is 3.96. The fraction of sp³-hybridized carbons (Fsp3) is 0. The summed E-state index contributed by atoms with van der Waals surface area (Å²) >= 11 is 9.14. The first-order valence-electron chi connectivity index (χ1n) is 3.96. The molecule has 0 saturated carbocycles. The molecule has 15 heavy (non-hydrogen) atoms. The zero-order valence-electron chi connectivity index (χ0n) is 7.37. The predicted octanol–water partition coefficient (Wildman–Crippen LogP) is 2.81. The molecule has 5 nitrogen and oxygen atoms in total. The van der Waals surface area contributed by atoms with E-state index >= 15 is 0 Å². The van der Waals surface area contributed by atoms with E-state index in [9.17, 15) is 0 Å². The minimum absolute atomic E-state index is 0.0190. The topological polar surface area (TPSA) is 77.0 Å². The Balaban J connectivity index is 2.21. The Morgan fingerprint density at radius 1 is 1.40 bits per heavy atom. The van der Waals surface area contributed by atoms with E-state index in [0.29, 0.717) is 5.02 Å². The quantitative estimate of drug-likeness (QED) is 0.889. The van der Waals surface area contributed by atoms with Crippen LogP contribution in [0.25, 0.3) is 0 Å². The Kier molecular flexibility index (Phi) is 2.79. The first-order chi connectivity index (χ1) is 7.15. The van der Waals surface area contributed by atoms with Crippen molar-refractivity contribution in [3.05, 3.63) is 27.7 Å². The van der Waals surface area contributed by atoms with Gasteiger partial charge in [0.2, 0.25) is 0 Å². The fourth-order valence-electron chi connectivity index (χ4n) is 0.982. The van der Waals surface area contributed by atoms with Crippen LogP contribution < -0.4 is 11.1 Å². The van der Waals surface area contributed by atoms with E-state index in [1.807, 2.05) is 0 Å². The molecule has 0 aliphatic carbocycles. The highest BCUT2D eigenvalue weighted by molar-refractivity contribution is 9.10. The molecule has 0 unspecified atom stereocenters. The SMILES string of the molecule is Nc1nnc(Nc2ccc(Cl)c(Br)c2)o1. The Bertz CT molecular complexity index is 487. The van der Waals surface area contributed by atoms with E-state index in [1.165, 1.54) is 0 Å². The van der Waals surface area contributed by atoms with Gasteiger partial charge >= 0.3 is 12.0 Å². The molecule has 0 radical (unpaired) electrons. The molecule has 0 saturated heterocycles. The van der Waals surface area contributed by atoms with Crippen LogP contribution in [-0.4, -0.2) is 10.2 Å². The largest absolute Gasteiger partial charge is 0.389 e. The van der Waals surface area contributed by atoms with Crippen LogP contribution in [0.4, 0.5) is 17.7 Å². The van der Waals surface area contributed by atoms with Crippen LogP contribution in [0.15, 0.2) is 27.1 Å². The van der Waals surface area contributed by atoms with Crippen LogP contribution in [0.1, 0.15) is 0 Å². The van der Waals surface area contributed by atoms with Crippen molar-refractivity contribution in [2.75, 3.05) is 11.1 Å². The van der Waals surface area contributed by atoms with Gasteiger partial charge in [-0.05, 0) is 34.1 Å². The molecule has 3 N–H and O–H groups in total. The monoisotopic (exact) mass is 288 g/mol. The molecule has 1 heterocycles. The second kappa shape index (κ2) is 4.08. The number of nitrogens with two attached hydrogens (primary N) is 1. The molecule has 0 atom stereocenters. The molecule has 2 rings (SSSR count). The van der Waals surface area contributed by atoms with Crippen LogP contribution >= 0.6 is 27.5 Å². The summed E-state index contributed by atoms with van der Waals surface area (Å²) in [4.78, 5) is 0. The lowest BCUT2D eigenvalue weighted by molar-refractivity contribution is 0.593. The van der Waals surface area contributed by atoms with E-state index in [-0.39, 0.29) is 12.0 Å². The van der Waals surface area contributed by atoms with Gasteiger partial charge in [-0.1, -0.05) is 21.8 Å². The minimum Gasteiger partial charge on any atom is -0.389 e. The highest BCUT2D eigenvalue weighted by Crippen LogP contribution is 2.27. The minimum atomic E-state index is 0.0190. The maximum absolute atomic E-state index is 5.84. The van der Waals surface area contributed by atoms with Crippen molar-refractivity contribution >= 4 is 45.2 Å². The summed E-state index contributed by atoms with van der Waals surface area (Å²) in [7, 11) is 0. The van der Waals surface area contributed by atoms with E-state index in [1.54, 1.807) is 18.2 Å². The summed E-state index contributed by atoms with van der Waals surface area (Å²) in [5.74, 6) is 0. The zero-order valence-corrected chi connectivity index (χ0v) is 9.71. The number of hydrogen-bond donors (Lipinski definition) is 2. The van der Waals surface area contributed by atoms with Crippen molar-refractivity contribution in [3.63, 3.8) is 0 Å². The maximum Gasteiger partial charge on any atom is 0.321 e. The first-order valence-corrected chi connectivity index (χ1v) is 5.13. The van der Waals surface area contributed by atoms with Crippen molar-refractivity contribution in [1.29, 1.82) is 0 Å². The second-order valence-electron chi connectivity index (χ2n) is 2.70.